The standard InChI is InChI=1S/C19H32N2O5/c1-6-21(7-2)12-16(22)14-26-17-9-8-15(10-18(17)24-4)11-20(3)13-19(23)25-5/h8-10,16,22H,6-7,11-14H2,1-5H3/t16-/m0/s1. The van der Waals surface area contributed by atoms with Gasteiger partial charge in [0.2, 0.25) is 0 Å². The van der Waals surface area contributed by atoms with E-state index in [1.54, 1.807) is 7.11 Å². The molecule has 0 aliphatic heterocycles. The van der Waals surface area contributed by atoms with Crippen LogP contribution in [0.2, 0.25) is 0 Å². The number of carbonyl (C=O) groups is 1. The van der Waals surface area contributed by atoms with E-state index in [1.165, 1.54) is 7.11 Å². The molecular formula is C19H32N2O5. The third-order valence-electron chi connectivity index (χ3n) is 4.10. The van der Waals surface area contributed by atoms with Gasteiger partial charge in [-0.15, -0.1) is 0 Å². The number of hydrogen-bond donors (Lipinski definition) is 1. The summed E-state index contributed by atoms with van der Waals surface area (Å²) in [5.74, 6) is 0.913. The highest BCUT2D eigenvalue weighted by Crippen LogP contribution is 2.28. The minimum atomic E-state index is -0.564. The molecule has 1 aromatic carbocycles. The largest absolute Gasteiger partial charge is 0.493 e. The van der Waals surface area contributed by atoms with Crippen molar-refractivity contribution in [3.05, 3.63) is 23.8 Å². The van der Waals surface area contributed by atoms with E-state index < -0.39 is 6.10 Å². The van der Waals surface area contributed by atoms with Gasteiger partial charge in [-0.05, 0) is 37.8 Å². The van der Waals surface area contributed by atoms with Crippen LogP contribution in [0.3, 0.4) is 0 Å². The summed E-state index contributed by atoms with van der Waals surface area (Å²) in [7, 11) is 4.80. The molecule has 1 atom stereocenters. The Morgan fingerprint density at radius 2 is 1.88 bits per heavy atom. The lowest BCUT2D eigenvalue weighted by Gasteiger charge is -2.22. The number of aliphatic hydroxyl groups is 1. The van der Waals surface area contributed by atoms with Crippen LogP contribution in [0, 0.1) is 0 Å². The maximum atomic E-state index is 11.3. The molecule has 148 valence electrons. The van der Waals surface area contributed by atoms with E-state index in [-0.39, 0.29) is 19.1 Å². The molecular weight excluding hydrogens is 336 g/mol. The zero-order valence-corrected chi connectivity index (χ0v) is 16.5. The summed E-state index contributed by atoms with van der Waals surface area (Å²) in [4.78, 5) is 15.3. The van der Waals surface area contributed by atoms with Gasteiger partial charge in [-0.1, -0.05) is 19.9 Å². The summed E-state index contributed by atoms with van der Waals surface area (Å²) < 4.78 is 15.8. The Morgan fingerprint density at radius 1 is 1.19 bits per heavy atom. The van der Waals surface area contributed by atoms with Crippen LogP contribution in [0.15, 0.2) is 18.2 Å². The highest BCUT2D eigenvalue weighted by Gasteiger charge is 2.13. The number of rotatable bonds is 12. The Bertz CT molecular complexity index is 549. The van der Waals surface area contributed by atoms with Crippen molar-refractivity contribution in [1.82, 2.24) is 9.80 Å². The van der Waals surface area contributed by atoms with Crippen LogP contribution in [0.5, 0.6) is 11.5 Å². The number of hydrogen-bond acceptors (Lipinski definition) is 7. The van der Waals surface area contributed by atoms with Gasteiger partial charge in [0.15, 0.2) is 11.5 Å². The average Bonchev–Trinajstić information content (AvgIpc) is 2.64. The van der Waals surface area contributed by atoms with Gasteiger partial charge in [0.05, 0.1) is 20.8 Å². The lowest BCUT2D eigenvalue weighted by molar-refractivity contribution is -0.141. The number of benzene rings is 1. The number of likely N-dealkylation sites (N-methyl/N-ethyl adjacent to an activating group) is 2. The highest BCUT2D eigenvalue weighted by atomic mass is 16.5. The lowest BCUT2D eigenvalue weighted by atomic mass is 10.2. The van der Waals surface area contributed by atoms with Gasteiger partial charge in [0, 0.05) is 13.1 Å². The van der Waals surface area contributed by atoms with Crippen LogP contribution >= 0.6 is 0 Å². The van der Waals surface area contributed by atoms with E-state index in [1.807, 2.05) is 30.1 Å². The monoisotopic (exact) mass is 368 g/mol. The molecule has 1 N–H and O–H groups in total. The van der Waals surface area contributed by atoms with Gasteiger partial charge in [0.25, 0.3) is 0 Å². The molecule has 0 heterocycles. The molecule has 0 fully saturated rings. The summed E-state index contributed by atoms with van der Waals surface area (Å²) in [5.41, 5.74) is 0.990. The zero-order chi connectivity index (χ0) is 19.5. The molecule has 0 bridgehead atoms. The molecule has 0 radical (unpaired) electrons. The SMILES string of the molecule is CCN(CC)C[C@H](O)COc1ccc(CN(C)CC(=O)OC)cc1OC. The first-order chi connectivity index (χ1) is 12.4. The van der Waals surface area contributed by atoms with E-state index in [2.05, 4.69) is 23.5 Å². The Kier molecular flexibility index (Phi) is 10.0. The molecule has 0 saturated heterocycles. The van der Waals surface area contributed by atoms with Gasteiger partial charge >= 0.3 is 5.97 Å². The molecule has 0 saturated carbocycles. The molecule has 0 aromatic heterocycles. The molecule has 7 nitrogen and oxygen atoms in total. The average molecular weight is 368 g/mol. The lowest BCUT2D eigenvalue weighted by Crippen LogP contribution is -2.35. The number of aliphatic hydroxyl groups excluding tert-OH is 1. The molecule has 0 aliphatic rings. The molecule has 0 unspecified atom stereocenters. The molecule has 0 aliphatic carbocycles. The molecule has 0 amide bonds. The molecule has 0 spiro atoms. The second-order valence-corrected chi connectivity index (χ2v) is 6.18. The Balaban J connectivity index is 2.63. The Morgan fingerprint density at radius 3 is 2.46 bits per heavy atom. The van der Waals surface area contributed by atoms with Crippen molar-refractivity contribution in [2.24, 2.45) is 0 Å². The predicted octanol–water partition coefficient (Wildman–Crippen LogP) is 1.38. The van der Waals surface area contributed by atoms with Gasteiger partial charge in [0.1, 0.15) is 12.7 Å². The second-order valence-electron chi connectivity index (χ2n) is 6.18. The minimum absolute atomic E-state index is 0.203. The second kappa shape index (κ2) is 11.7. The van der Waals surface area contributed by atoms with Crippen molar-refractivity contribution in [2.45, 2.75) is 26.5 Å². The van der Waals surface area contributed by atoms with E-state index >= 15 is 0 Å². The quantitative estimate of drug-likeness (QED) is 0.559. The fraction of sp³-hybridized carbons (Fsp3) is 0.632. The summed E-state index contributed by atoms with van der Waals surface area (Å²) in [6.07, 6.45) is -0.564. The number of nitrogens with zero attached hydrogens (tertiary/aromatic N) is 2. The van der Waals surface area contributed by atoms with Crippen LogP contribution in [-0.2, 0) is 16.1 Å². The first kappa shape index (κ1) is 22.2. The minimum Gasteiger partial charge on any atom is -0.493 e. The third kappa shape index (κ3) is 7.59. The van der Waals surface area contributed by atoms with Crippen molar-refractivity contribution >= 4 is 5.97 Å². The van der Waals surface area contributed by atoms with Crippen molar-refractivity contribution in [1.29, 1.82) is 0 Å². The van der Waals surface area contributed by atoms with Crippen molar-refractivity contribution < 1.29 is 24.1 Å². The van der Waals surface area contributed by atoms with Gasteiger partial charge in [-0.2, -0.15) is 0 Å². The van der Waals surface area contributed by atoms with Gasteiger partial charge in [-0.3, -0.25) is 9.69 Å². The van der Waals surface area contributed by atoms with E-state index in [4.69, 9.17) is 9.47 Å². The maximum Gasteiger partial charge on any atom is 0.319 e. The van der Waals surface area contributed by atoms with E-state index in [0.717, 1.165) is 18.7 Å². The first-order valence-corrected chi connectivity index (χ1v) is 8.88. The van der Waals surface area contributed by atoms with Crippen LogP contribution in [0.1, 0.15) is 19.4 Å². The molecule has 7 heteroatoms. The van der Waals surface area contributed by atoms with Crippen LogP contribution in [-0.4, -0.2) is 81.0 Å². The molecule has 26 heavy (non-hydrogen) atoms. The molecule has 1 rings (SSSR count). The fourth-order valence-electron chi connectivity index (χ4n) is 2.60. The first-order valence-electron chi connectivity index (χ1n) is 8.88. The molecule has 1 aromatic rings. The number of carbonyl (C=O) groups excluding carboxylic acids is 1. The summed E-state index contributed by atoms with van der Waals surface area (Å²) in [6.45, 7) is 7.49. The summed E-state index contributed by atoms with van der Waals surface area (Å²) in [6, 6.07) is 5.62. The van der Waals surface area contributed by atoms with Crippen molar-refractivity contribution in [3.63, 3.8) is 0 Å². The van der Waals surface area contributed by atoms with Crippen LogP contribution in [0.25, 0.3) is 0 Å². The van der Waals surface area contributed by atoms with E-state index in [0.29, 0.717) is 24.6 Å². The van der Waals surface area contributed by atoms with Crippen molar-refractivity contribution in [2.75, 3.05) is 54.1 Å². The van der Waals surface area contributed by atoms with Crippen LogP contribution < -0.4 is 9.47 Å². The summed E-state index contributed by atoms with van der Waals surface area (Å²) in [5, 5.41) is 10.1. The van der Waals surface area contributed by atoms with Crippen LogP contribution in [0.4, 0.5) is 0 Å². The van der Waals surface area contributed by atoms with E-state index in [9.17, 15) is 9.90 Å². The summed E-state index contributed by atoms with van der Waals surface area (Å²) >= 11 is 0. The maximum absolute atomic E-state index is 11.3. The topological polar surface area (TPSA) is 71.5 Å². The van der Waals surface area contributed by atoms with Gasteiger partial charge in [-0.25, -0.2) is 0 Å². The number of ether oxygens (including phenoxy) is 3. The number of esters is 1. The Hall–Kier alpha value is -1.83. The third-order valence-corrected chi connectivity index (χ3v) is 4.10. The normalized spacial score (nSPS) is 12.3. The predicted molar refractivity (Wildman–Crippen MR) is 101 cm³/mol. The fourth-order valence-corrected chi connectivity index (χ4v) is 2.60. The van der Waals surface area contributed by atoms with Gasteiger partial charge < -0.3 is 24.2 Å². The smallest absolute Gasteiger partial charge is 0.319 e. The number of methoxy groups -OCH3 is 2. The highest BCUT2D eigenvalue weighted by molar-refractivity contribution is 5.71. The van der Waals surface area contributed by atoms with Crippen molar-refractivity contribution in [3.8, 4) is 11.5 Å². The Labute approximate surface area is 156 Å². The zero-order valence-electron chi connectivity index (χ0n) is 16.5.